The van der Waals surface area contributed by atoms with E-state index in [9.17, 15) is 4.79 Å². The molecule has 0 aliphatic heterocycles. The lowest BCUT2D eigenvalue weighted by atomic mass is 10.2. The number of carbonyl (C=O) groups is 1. The Labute approximate surface area is 124 Å². The van der Waals surface area contributed by atoms with E-state index in [4.69, 9.17) is 9.47 Å². The molecule has 1 aromatic heterocycles. The zero-order chi connectivity index (χ0) is 15.1. The van der Waals surface area contributed by atoms with Gasteiger partial charge in [0.2, 0.25) is 0 Å². The largest absolute Gasteiger partial charge is 0.490 e. The van der Waals surface area contributed by atoms with Gasteiger partial charge in [0.1, 0.15) is 6.61 Å². The lowest BCUT2D eigenvalue weighted by molar-refractivity contribution is 0.111. The van der Waals surface area contributed by atoms with E-state index >= 15 is 0 Å². The fourth-order valence-corrected chi connectivity index (χ4v) is 2.11. The number of ether oxygens (including phenoxy) is 2. The number of para-hydroxylation sites is 1. The van der Waals surface area contributed by atoms with Crippen LogP contribution in [-0.4, -0.2) is 22.4 Å². The first kappa shape index (κ1) is 15.1. The second-order valence-electron chi connectivity index (χ2n) is 4.59. The zero-order valence-corrected chi connectivity index (χ0v) is 12.4. The first-order valence-corrected chi connectivity index (χ1v) is 7.12. The van der Waals surface area contributed by atoms with Crippen LogP contribution < -0.4 is 9.47 Å². The van der Waals surface area contributed by atoms with Gasteiger partial charge in [0.05, 0.1) is 30.4 Å². The molecule has 0 fully saturated rings. The molecule has 0 spiro atoms. The molecule has 0 atom stereocenters. The molecule has 5 nitrogen and oxygen atoms in total. The Hall–Kier alpha value is -2.30. The van der Waals surface area contributed by atoms with Crippen molar-refractivity contribution in [3.8, 4) is 11.5 Å². The molecule has 0 saturated carbocycles. The average molecular weight is 288 g/mol. The summed E-state index contributed by atoms with van der Waals surface area (Å²) in [7, 11) is 0. The topological polar surface area (TPSA) is 53.4 Å². The smallest absolute Gasteiger partial charge is 0.172 e. The molecule has 0 amide bonds. The summed E-state index contributed by atoms with van der Waals surface area (Å²) in [6, 6.07) is 5.30. The van der Waals surface area contributed by atoms with Crippen LogP contribution in [0.2, 0.25) is 0 Å². The first-order valence-electron chi connectivity index (χ1n) is 7.12. The van der Waals surface area contributed by atoms with E-state index < -0.39 is 0 Å². The van der Waals surface area contributed by atoms with Gasteiger partial charge in [-0.1, -0.05) is 13.0 Å². The van der Waals surface area contributed by atoms with Crippen LogP contribution in [0, 0.1) is 0 Å². The second-order valence-corrected chi connectivity index (χ2v) is 4.59. The lowest BCUT2D eigenvalue weighted by Crippen LogP contribution is -2.07. The third kappa shape index (κ3) is 3.62. The summed E-state index contributed by atoms with van der Waals surface area (Å²) in [5.74, 6) is 1.07. The van der Waals surface area contributed by atoms with Crippen LogP contribution in [0.4, 0.5) is 0 Å². The number of rotatable bonds is 8. The summed E-state index contributed by atoms with van der Waals surface area (Å²) in [4.78, 5) is 15.3. The number of aldehydes is 1. The van der Waals surface area contributed by atoms with Gasteiger partial charge in [0, 0.05) is 6.54 Å². The SMILES string of the molecule is CCCn1cncc1COc1c(C=O)cccc1OCC. The van der Waals surface area contributed by atoms with Crippen molar-refractivity contribution in [3.63, 3.8) is 0 Å². The molecule has 21 heavy (non-hydrogen) atoms. The molecule has 0 N–H and O–H groups in total. The summed E-state index contributed by atoms with van der Waals surface area (Å²) in [6.45, 7) is 5.77. The molecule has 112 valence electrons. The third-order valence-corrected chi connectivity index (χ3v) is 3.06. The maximum absolute atomic E-state index is 11.2. The highest BCUT2D eigenvalue weighted by atomic mass is 16.5. The maximum atomic E-state index is 11.2. The molecule has 0 saturated heterocycles. The van der Waals surface area contributed by atoms with E-state index in [0.717, 1.165) is 24.9 Å². The van der Waals surface area contributed by atoms with Crippen molar-refractivity contribution in [3.05, 3.63) is 42.0 Å². The lowest BCUT2D eigenvalue weighted by Gasteiger charge is -2.14. The molecule has 5 heteroatoms. The number of carbonyl (C=O) groups excluding carboxylic acids is 1. The Morgan fingerprint density at radius 2 is 2.14 bits per heavy atom. The number of aromatic nitrogens is 2. The van der Waals surface area contributed by atoms with Crippen molar-refractivity contribution in [1.82, 2.24) is 9.55 Å². The maximum Gasteiger partial charge on any atom is 0.172 e. The molecule has 1 aromatic carbocycles. The predicted octanol–water partition coefficient (Wildman–Crippen LogP) is 3.08. The third-order valence-electron chi connectivity index (χ3n) is 3.06. The molecule has 2 aromatic rings. The standard InChI is InChI=1S/C16H20N2O3/c1-3-8-18-12-17-9-14(18)11-21-16-13(10-19)6-5-7-15(16)20-4-2/h5-7,9-10,12H,3-4,8,11H2,1-2H3. The molecule has 0 bridgehead atoms. The Morgan fingerprint density at radius 3 is 2.86 bits per heavy atom. The monoisotopic (exact) mass is 288 g/mol. The van der Waals surface area contributed by atoms with Crippen molar-refractivity contribution >= 4 is 6.29 Å². The van der Waals surface area contributed by atoms with Gasteiger partial charge in [-0.15, -0.1) is 0 Å². The van der Waals surface area contributed by atoms with Crippen molar-refractivity contribution in [2.24, 2.45) is 0 Å². The van der Waals surface area contributed by atoms with Gasteiger partial charge in [-0.25, -0.2) is 4.98 Å². The minimum atomic E-state index is 0.352. The molecule has 0 aliphatic carbocycles. The highest BCUT2D eigenvalue weighted by Gasteiger charge is 2.12. The quantitative estimate of drug-likeness (QED) is 0.700. The van der Waals surface area contributed by atoms with E-state index in [1.165, 1.54) is 0 Å². The van der Waals surface area contributed by atoms with Gasteiger partial charge in [-0.05, 0) is 25.5 Å². The van der Waals surface area contributed by atoms with E-state index in [0.29, 0.717) is 30.3 Å². The number of hydrogen-bond acceptors (Lipinski definition) is 4. The summed E-state index contributed by atoms with van der Waals surface area (Å²) in [5, 5.41) is 0. The van der Waals surface area contributed by atoms with Gasteiger partial charge in [-0.3, -0.25) is 4.79 Å². The van der Waals surface area contributed by atoms with Gasteiger partial charge < -0.3 is 14.0 Å². The van der Waals surface area contributed by atoms with Crippen LogP contribution in [0.5, 0.6) is 11.5 Å². The molecule has 0 unspecified atom stereocenters. The molecular weight excluding hydrogens is 268 g/mol. The van der Waals surface area contributed by atoms with Gasteiger partial charge in [-0.2, -0.15) is 0 Å². The van der Waals surface area contributed by atoms with Gasteiger partial charge in [0.25, 0.3) is 0 Å². The Balaban J connectivity index is 2.18. The van der Waals surface area contributed by atoms with E-state index in [2.05, 4.69) is 11.9 Å². The molecule has 0 radical (unpaired) electrons. The molecular formula is C16H20N2O3. The van der Waals surface area contributed by atoms with Crippen molar-refractivity contribution in [2.45, 2.75) is 33.4 Å². The second kappa shape index (κ2) is 7.47. The zero-order valence-electron chi connectivity index (χ0n) is 12.4. The van der Waals surface area contributed by atoms with Crippen molar-refractivity contribution < 1.29 is 14.3 Å². The summed E-state index contributed by atoms with van der Waals surface area (Å²) in [5.41, 5.74) is 1.46. The van der Waals surface area contributed by atoms with Gasteiger partial charge in [0.15, 0.2) is 17.8 Å². The summed E-state index contributed by atoms with van der Waals surface area (Å²) in [6.07, 6.45) is 5.37. The number of nitrogens with zero attached hydrogens (tertiary/aromatic N) is 2. The number of aryl methyl sites for hydroxylation is 1. The minimum Gasteiger partial charge on any atom is -0.490 e. The van der Waals surface area contributed by atoms with Crippen LogP contribution in [0.15, 0.2) is 30.7 Å². The highest BCUT2D eigenvalue weighted by molar-refractivity contribution is 5.81. The minimum absolute atomic E-state index is 0.352. The predicted molar refractivity (Wildman–Crippen MR) is 79.8 cm³/mol. The van der Waals surface area contributed by atoms with Crippen LogP contribution in [0.3, 0.4) is 0 Å². The first-order chi connectivity index (χ1) is 10.3. The number of benzene rings is 1. The van der Waals surface area contributed by atoms with Gasteiger partial charge >= 0.3 is 0 Å². The molecule has 2 rings (SSSR count). The highest BCUT2D eigenvalue weighted by Crippen LogP contribution is 2.31. The average Bonchev–Trinajstić information content (AvgIpc) is 2.94. The van der Waals surface area contributed by atoms with Crippen LogP contribution in [0.1, 0.15) is 36.3 Å². The van der Waals surface area contributed by atoms with Crippen LogP contribution >= 0.6 is 0 Å². The van der Waals surface area contributed by atoms with Crippen molar-refractivity contribution in [1.29, 1.82) is 0 Å². The molecule has 1 heterocycles. The van der Waals surface area contributed by atoms with Crippen molar-refractivity contribution in [2.75, 3.05) is 6.61 Å². The normalized spacial score (nSPS) is 10.4. The van der Waals surface area contributed by atoms with Crippen LogP contribution in [0.25, 0.3) is 0 Å². The number of imidazole rings is 1. The number of hydrogen-bond donors (Lipinski definition) is 0. The van der Waals surface area contributed by atoms with E-state index in [1.807, 2.05) is 11.5 Å². The fourth-order valence-electron chi connectivity index (χ4n) is 2.11. The fraction of sp³-hybridized carbons (Fsp3) is 0.375. The van der Waals surface area contributed by atoms with E-state index in [-0.39, 0.29) is 0 Å². The summed E-state index contributed by atoms with van der Waals surface area (Å²) >= 11 is 0. The Kier molecular flexibility index (Phi) is 5.37. The molecule has 0 aliphatic rings. The van der Waals surface area contributed by atoms with E-state index in [1.54, 1.807) is 30.7 Å². The van der Waals surface area contributed by atoms with Crippen LogP contribution in [-0.2, 0) is 13.2 Å². The Morgan fingerprint density at radius 1 is 1.29 bits per heavy atom. The summed E-state index contributed by atoms with van der Waals surface area (Å²) < 4.78 is 13.4. The Bertz CT molecular complexity index is 593.